The SMILES string of the molecule is N#CC1CN(c2cc([N+](=O)[O-])ccc2F)C1. The van der Waals surface area contributed by atoms with E-state index < -0.39 is 10.7 Å². The molecule has 0 bridgehead atoms. The van der Waals surface area contributed by atoms with Crippen molar-refractivity contribution in [2.24, 2.45) is 5.92 Å². The highest BCUT2D eigenvalue weighted by Gasteiger charge is 2.29. The number of nitrogens with zero attached hydrogens (tertiary/aromatic N) is 3. The maximum absolute atomic E-state index is 13.4. The van der Waals surface area contributed by atoms with Gasteiger partial charge in [-0.15, -0.1) is 0 Å². The highest BCUT2D eigenvalue weighted by atomic mass is 19.1. The molecule has 0 N–H and O–H groups in total. The highest BCUT2D eigenvalue weighted by molar-refractivity contribution is 5.56. The normalized spacial score (nSPS) is 15.4. The summed E-state index contributed by atoms with van der Waals surface area (Å²) in [4.78, 5) is 11.6. The van der Waals surface area contributed by atoms with Gasteiger partial charge in [0.1, 0.15) is 5.82 Å². The van der Waals surface area contributed by atoms with Crippen LogP contribution in [0.2, 0.25) is 0 Å². The van der Waals surface area contributed by atoms with Gasteiger partial charge in [-0.3, -0.25) is 10.1 Å². The molecule has 0 saturated carbocycles. The maximum atomic E-state index is 13.4. The maximum Gasteiger partial charge on any atom is 0.271 e. The number of halogens is 1. The Balaban J connectivity index is 2.24. The quantitative estimate of drug-likeness (QED) is 0.562. The second kappa shape index (κ2) is 3.77. The smallest absolute Gasteiger partial charge is 0.271 e. The summed E-state index contributed by atoms with van der Waals surface area (Å²) in [5, 5.41) is 19.1. The summed E-state index contributed by atoms with van der Waals surface area (Å²) < 4.78 is 13.4. The van der Waals surface area contributed by atoms with Gasteiger partial charge in [-0.2, -0.15) is 5.26 Å². The zero-order chi connectivity index (χ0) is 11.7. The Bertz CT molecular complexity index is 477. The van der Waals surface area contributed by atoms with Crippen molar-refractivity contribution >= 4 is 11.4 Å². The Morgan fingerprint density at radius 1 is 1.56 bits per heavy atom. The first-order valence-corrected chi connectivity index (χ1v) is 4.70. The fraction of sp³-hybridized carbons (Fsp3) is 0.300. The van der Waals surface area contributed by atoms with Crippen molar-refractivity contribution in [1.82, 2.24) is 0 Å². The van der Waals surface area contributed by atoms with Crippen molar-refractivity contribution in [2.75, 3.05) is 18.0 Å². The number of nitro benzene ring substituents is 1. The van der Waals surface area contributed by atoms with E-state index in [-0.39, 0.29) is 17.3 Å². The zero-order valence-corrected chi connectivity index (χ0v) is 8.26. The highest BCUT2D eigenvalue weighted by Crippen LogP contribution is 2.30. The van der Waals surface area contributed by atoms with Crippen molar-refractivity contribution in [1.29, 1.82) is 5.26 Å². The van der Waals surface area contributed by atoms with E-state index in [0.717, 1.165) is 12.1 Å². The summed E-state index contributed by atoms with van der Waals surface area (Å²) in [5.74, 6) is -0.611. The zero-order valence-electron chi connectivity index (χ0n) is 8.26. The largest absolute Gasteiger partial charge is 0.366 e. The Morgan fingerprint density at radius 2 is 2.25 bits per heavy atom. The van der Waals surface area contributed by atoms with Gasteiger partial charge in [-0.1, -0.05) is 0 Å². The molecule has 1 aliphatic rings. The fourth-order valence-electron chi connectivity index (χ4n) is 1.61. The molecule has 0 aliphatic carbocycles. The second-order valence-corrected chi connectivity index (χ2v) is 3.62. The number of rotatable bonds is 2. The van der Waals surface area contributed by atoms with E-state index in [2.05, 4.69) is 6.07 Å². The van der Waals surface area contributed by atoms with E-state index in [0.29, 0.717) is 13.1 Å². The predicted molar refractivity (Wildman–Crippen MR) is 54.4 cm³/mol. The van der Waals surface area contributed by atoms with E-state index in [4.69, 9.17) is 5.26 Å². The third-order valence-corrected chi connectivity index (χ3v) is 2.55. The standard InChI is InChI=1S/C10H8FN3O2/c11-9-2-1-8(14(15)16)3-10(9)13-5-7(4-12)6-13/h1-3,7H,5-6H2. The van der Waals surface area contributed by atoms with Crippen LogP contribution >= 0.6 is 0 Å². The van der Waals surface area contributed by atoms with Crippen LogP contribution in [-0.4, -0.2) is 18.0 Å². The molecule has 1 aromatic rings. The first kappa shape index (κ1) is 10.4. The van der Waals surface area contributed by atoms with Crippen LogP contribution in [0.25, 0.3) is 0 Å². The number of non-ortho nitro benzene ring substituents is 1. The Kier molecular flexibility index (Phi) is 2.44. The summed E-state index contributed by atoms with van der Waals surface area (Å²) >= 11 is 0. The summed E-state index contributed by atoms with van der Waals surface area (Å²) in [7, 11) is 0. The minimum Gasteiger partial charge on any atom is -0.366 e. The Morgan fingerprint density at radius 3 is 2.81 bits per heavy atom. The van der Waals surface area contributed by atoms with Crippen molar-refractivity contribution in [3.05, 3.63) is 34.1 Å². The summed E-state index contributed by atoms with van der Waals surface area (Å²) in [6.45, 7) is 0.850. The number of anilines is 1. The third kappa shape index (κ3) is 1.67. The van der Waals surface area contributed by atoms with Crippen molar-refractivity contribution in [2.45, 2.75) is 0 Å². The lowest BCUT2D eigenvalue weighted by molar-refractivity contribution is -0.384. The van der Waals surface area contributed by atoms with Crippen LogP contribution in [-0.2, 0) is 0 Å². The predicted octanol–water partition coefficient (Wildman–Crippen LogP) is 1.69. The number of benzene rings is 1. The Hall–Kier alpha value is -2.16. The third-order valence-electron chi connectivity index (χ3n) is 2.55. The van der Waals surface area contributed by atoms with Gasteiger partial charge in [0.05, 0.1) is 22.6 Å². The minimum absolute atomic E-state index is 0.112. The number of hydrogen-bond donors (Lipinski definition) is 0. The lowest BCUT2D eigenvalue weighted by atomic mass is 10.0. The van der Waals surface area contributed by atoms with Crippen molar-refractivity contribution in [3.63, 3.8) is 0 Å². The van der Waals surface area contributed by atoms with Gasteiger partial charge >= 0.3 is 0 Å². The molecule has 1 saturated heterocycles. The summed E-state index contributed by atoms with van der Waals surface area (Å²) in [5.41, 5.74) is 0.0532. The lowest BCUT2D eigenvalue weighted by Gasteiger charge is -2.37. The van der Waals surface area contributed by atoms with Crippen LogP contribution in [0.5, 0.6) is 0 Å². The fourth-order valence-corrected chi connectivity index (χ4v) is 1.61. The molecule has 5 nitrogen and oxygen atoms in total. The van der Waals surface area contributed by atoms with Crippen molar-refractivity contribution in [3.8, 4) is 6.07 Å². The average Bonchev–Trinajstić information content (AvgIpc) is 2.18. The summed E-state index contributed by atoms with van der Waals surface area (Å²) in [6.07, 6.45) is 0. The van der Waals surface area contributed by atoms with Crippen LogP contribution in [0.15, 0.2) is 18.2 Å². The van der Waals surface area contributed by atoms with E-state index in [9.17, 15) is 14.5 Å². The molecule has 1 aromatic carbocycles. The second-order valence-electron chi connectivity index (χ2n) is 3.62. The first-order valence-electron chi connectivity index (χ1n) is 4.70. The van der Waals surface area contributed by atoms with E-state index >= 15 is 0 Å². The van der Waals surface area contributed by atoms with Crippen LogP contribution in [0, 0.1) is 33.2 Å². The topological polar surface area (TPSA) is 70.2 Å². The van der Waals surface area contributed by atoms with Gasteiger partial charge in [0.25, 0.3) is 5.69 Å². The van der Waals surface area contributed by atoms with Crippen LogP contribution in [0.3, 0.4) is 0 Å². The van der Waals surface area contributed by atoms with Crippen molar-refractivity contribution < 1.29 is 9.31 Å². The van der Waals surface area contributed by atoms with Gasteiger partial charge < -0.3 is 4.90 Å². The molecule has 0 unspecified atom stereocenters. The average molecular weight is 221 g/mol. The molecule has 0 radical (unpaired) electrons. The monoisotopic (exact) mass is 221 g/mol. The van der Waals surface area contributed by atoms with Gasteiger partial charge in [-0.05, 0) is 6.07 Å². The molecule has 1 fully saturated rings. The molecule has 0 amide bonds. The number of hydrogen-bond acceptors (Lipinski definition) is 4. The molecule has 0 aromatic heterocycles. The molecular weight excluding hydrogens is 213 g/mol. The molecule has 0 atom stereocenters. The molecule has 6 heteroatoms. The summed E-state index contributed by atoms with van der Waals surface area (Å²) in [6, 6.07) is 5.46. The van der Waals surface area contributed by atoms with Gasteiger partial charge in [0.15, 0.2) is 0 Å². The number of nitro groups is 1. The van der Waals surface area contributed by atoms with E-state index in [1.54, 1.807) is 4.90 Å². The van der Waals surface area contributed by atoms with E-state index in [1.165, 1.54) is 6.07 Å². The molecule has 2 rings (SSSR count). The van der Waals surface area contributed by atoms with Crippen LogP contribution in [0.4, 0.5) is 15.8 Å². The molecule has 82 valence electrons. The molecule has 16 heavy (non-hydrogen) atoms. The Labute approximate surface area is 90.9 Å². The van der Waals surface area contributed by atoms with Crippen LogP contribution in [0.1, 0.15) is 0 Å². The lowest BCUT2D eigenvalue weighted by Crippen LogP contribution is -2.46. The van der Waals surface area contributed by atoms with E-state index in [1.807, 2.05) is 0 Å². The van der Waals surface area contributed by atoms with Gasteiger partial charge in [0.2, 0.25) is 0 Å². The van der Waals surface area contributed by atoms with Gasteiger partial charge in [0, 0.05) is 25.2 Å². The minimum atomic E-state index is -0.565. The van der Waals surface area contributed by atoms with Gasteiger partial charge in [-0.25, -0.2) is 4.39 Å². The molecule has 1 heterocycles. The molecule has 1 aliphatic heterocycles. The first-order chi connectivity index (χ1) is 7.61. The number of nitriles is 1. The molecular formula is C10H8FN3O2. The van der Waals surface area contributed by atoms with Crippen LogP contribution < -0.4 is 4.90 Å². The molecule has 0 spiro atoms.